The summed E-state index contributed by atoms with van der Waals surface area (Å²) in [6.07, 6.45) is 0.338. The summed E-state index contributed by atoms with van der Waals surface area (Å²) < 4.78 is 32.4. The molecule has 27 heavy (non-hydrogen) atoms. The van der Waals surface area contributed by atoms with Crippen molar-refractivity contribution in [3.05, 3.63) is 63.4 Å². The average molecular weight is 403 g/mol. The lowest BCUT2D eigenvalue weighted by atomic mass is 10.1. The van der Waals surface area contributed by atoms with Crippen LogP contribution in [0, 0.1) is 0 Å². The van der Waals surface area contributed by atoms with E-state index in [1.54, 1.807) is 48.9 Å². The summed E-state index contributed by atoms with van der Waals surface area (Å²) in [4.78, 5) is 19.8. The number of nitrogens with one attached hydrogen (secondary N) is 1. The number of rotatable bonds is 4. The third-order valence-electron chi connectivity index (χ3n) is 4.49. The van der Waals surface area contributed by atoms with E-state index in [-0.39, 0.29) is 18.6 Å². The van der Waals surface area contributed by atoms with Gasteiger partial charge in [0.1, 0.15) is 15.8 Å². The number of hydrogen-bond acceptors (Lipinski definition) is 6. The van der Waals surface area contributed by atoms with Gasteiger partial charge in [-0.25, -0.2) is 13.4 Å². The number of hydrogen-bond donors (Lipinski definition) is 1. The zero-order chi connectivity index (χ0) is 19.0. The standard InChI is InChI=1S/C18H17N3O4S2/c1-25-13-6-4-12(5-7-13)17-19-15-11-21(9-8-14(15)18(22)20-17)27(23,24)16-3-2-10-26-16/h2-7,10H,8-9,11H2,1H3,(H,19,20,22). The molecule has 3 heterocycles. The van der Waals surface area contributed by atoms with E-state index in [0.717, 1.165) is 5.56 Å². The highest BCUT2D eigenvalue weighted by molar-refractivity contribution is 7.91. The van der Waals surface area contributed by atoms with Crippen molar-refractivity contribution in [3.63, 3.8) is 0 Å². The molecule has 2 aromatic heterocycles. The second-order valence-corrected chi connectivity index (χ2v) is 9.20. The lowest BCUT2D eigenvalue weighted by Crippen LogP contribution is -2.38. The predicted octanol–water partition coefficient (Wildman–Crippen LogP) is 2.25. The van der Waals surface area contributed by atoms with Crippen LogP contribution in [0.2, 0.25) is 0 Å². The lowest BCUT2D eigenvalue weighted by molar-refractivity contribution is 0.385. The van der Waals surface area contributed by atoms with Crippen molar-refractivity contribution in [3.8, 4) is 17.1 Å². The van der Waals surface area contributed by atoms with Gasteiger partial charge in [0.25, 0.3) is 15.6 Å². The normalized spacial score (nSPS) is 14.7. The van der Waals surface area contributed by atoms with Crippen molar-refractivity contribution < 1.29 is 13.2 Å². The Hall–Kier alpha value is -2.49. The molecule has 1 aliphatic rings. The van der Waals surface area contributed by atoms with E-state index in [9.17, 15) is 13.2 Å². The fraction of sp³-hybridized carbons (Fsp3) is 0.222. The summed E-state index contributed by atoms with van der Waals surface area (Å²) in [6, 6.07) is 10.5. The fourth-order valence-corrected chi connectivity index (χ4v) is 5.59. The van der Waals surface area contributed by atoms with E-state index >= 15 is 0 Å². The molecule has 0 aliphatic carbocycles. The van der Waals surface area contributed by atoms with Gasteiger partial charge in [-0.15, -0.1) is 11.3 Å². The third-order valence-corrected chi connectivity index (χ3v) is 7.71. The van der Waals surface area contributed by atoms with E-state index in [4.69, 9.17) is 4.74 Å². The van der Waals surface area contributed by atoms with E-state index in [0.29, 0.717) is 33.5 Å². The molecule has 0 bridgehead atoms. The Kier molecular flexibility index (Phi) is 4.58. The van der Waals surface area contributed by atoms with Crippen LogP contribution >= 0.6 is 11.3 Å². The van der Waals surface area contributed by atoms with E-state index < -0.39 is 10.0 Å². The van der Waals surface area contributed by atoms with Gasteiger partial charge in [-0.3, -0.25) is 4.79 Å². The minimum absolute atomic E-state index is 0.0860. The maximum Gasteiger partial charge on any atom is 0.254 e. The molecule has 0 atom stereocenters. The molecule has 0 radical (unpaired) electrons. The molecule has 1 aliphatic heterocycles. The number of ether oxygens (including phenoxy) is 1. The minimum atomic E-state index is -3.58. The van der Waals surface area contributed by atoms with Gasteiger partial charge in [0.15, 0.2) is 0 Å². The van der Waals surface area contributed by atoms with Gasteiger partial charge in [-0.2, -0.15) is 4.31 Å². The molecule has 140 valence electrons. The average Bonchev–Trinajstić information content (AvgIpc) is 3.23. The molecule has 7 nitrogen and oxygen atoms in total. The second kappa shape index (κ2) is 6.91. The molecule has 0 amide bonds. The summed E-state index contributed by atoms with van der Waals surface area (Å²) in [5.41, 5.74) is 1.55. The summed E-state index contributed by atoms with van der Waals surface area (Å²) in [7, 11) is -2.00. The zero-order valence-corrected chi connectivity index (χ0v) is 16.1. The maximum absolute atomic E-state index is 12.8. The zero-order valence-electron chi connectivity index (χ0n) is 14.5. The van der Waals surface area contributed by atoms with Crippen LogP contribution in [0.15, 0.2) is 50.8 Å². The van der Waals surface area contributed by atoms with Crippen LogP contribution in [-0.2, 0) is 23.0 Å². The van der Waals surface area contributed by atoms with Gasteiger partial charge in [-0.05, 0) is 42.1 Å². The second-order valence-electron chi connectivity index (χ2n) is 6.09. The molecule has 0 unspecified atom stereocenters. The number of fused-ring (bicyclic) bond motifs is 1. The predicted molar refractivity (Wildman–Crippen MR) is 102 cm³/mol. The number of H-pyrrole nitrogens is 1. The highest BCUT2D eigenvalue weighted by Gasteiger charge is 2.31. The molecule has 3 aromatic rings. The first-order valence-electron chi connectivity index (χ1n) is 8.29. The van der Waals surface area contributed by atoms with E-state index in [1.807, 2.05) is 0 Å². The van der Waals surface area contributed by atoms with Crippen LogP contribution in [-0.4, -0.2) is 36.3 Å². The summed E-state index contributed by atoms with van der Waals surface area (Å²) >= 11 is 1.18. The lowest BCUT2D eigenvalue weighted by Gasteiger charge is -2.26. The van der Waals surface area contributed by atoms with Crippen molar-refractivity contribution in [1.82, 2.24) is 14.3 Å². The number of nitrogens with zero attached hydrogens (tertiary/aromatic N) is 2. The first kappa shape index (κ1) is 17.9. The first-order valence-corrected chi connectivity index (χ1v) is 10.6. The van der Waals surface area contributed by atoms with Gasteiger partial charge >= 0.3 is 0 Å². The summed E-state index contributed by atoms with van der Waals surface area (Å²) in [5.74, 6) is 1.11. The maximum atomic E-state index is 12.8. The fourth-order valence-electron chi connectivity index (χ4n) is 3.04. The number of aromatic nitrogens is 2. The molecule has 9 heteroatoms. The minimum Gasteiger partial charge on any atom is -0.497 e. The number of sulfonamides is 1. The molecular formula is C18H17N3O4S2. The van der Waals surface area contributed by atoms with Gasteiger partial charge in [0.05, 0.1) is 19.3 Å². The molecule has 1 N–H and O–H groups in total. The van der Waals surface area contributed by atoms with Crippen LogP contribution in [0.5, 0.6) is 5.75 Å². The van der Waals surface area contributed by atoms with Gasteiger partial charge in [0, 0.05) is 17.7 Å². The monoisotopic (exact) mass is 403 g/mol. The van der Waals surface area contributed by atoms with Crippen molar-refractivity contribution >= 4 is 21.4 Å². The molecule has 0 saturated heterocycles. The van der Waals surface area contributed by atoms with Crippen molar-refractivity contribution in [2.24, 2.45) is 0 Å². The topological polar surface area (TPSA) is 92.4 Å². The Morgan fingerprint density at radius 2 is 2.00 bits per heavy atom. The van der Waals surface area contributed by atoms with Crippen LogP contribution in [0.3, 0.4) is 0 Å². The SMILES string of the molecule is COc1ccc(-c2nc3c(c(=O)[nH]2)CCN(S(=O)(=O)c2cccs2)C3)cc1. The van der Waals surface area contributed by atoms with Crippen molar-refractivity contribution in [1.29, 1.82) is 0 Å². The molecule has 0 spiro atoms. The number of benzene rings is 1. The quantitative estimate of drug-likeness (QED) is 0.721. The van der Waals surface area contributed by atoms with Crippen LogP contribution in [0.1, 0.15) is 11.3 Å². The number of methoxy groups -OCH3 is 1. The third kappa shape index (κ3) is 3.29. The Morgan fingerprint density at radius 1 is 1.22 bits per heavy atom. The van der Waals surface area contributed by atoms with E-state index in [2.05, 4.69) is 9.97 Å². The van der Waals surface area contributed by atoms with Crippen LogP contribution < -0.4 is 10.3 Å². The van der Waals surface area contributed by atoms with Gasteiger partial charge in [-0.1, -0.05) is 6.07 Å². The Labute approximate surface area is 160 Å². The van der Waals surface area contributed by atoms with Crippen molar-refractivity contribution in [2.75, 3.05) is 13.7 Å². The highest BCUT2D eigenvalue weighted by Crippen LogP contribution is 2.26. The summed E-state index contributed by atoms with van der Waals surface area (Å²) in [6.45, 7) is 0.350. The molecule has 4 rings (SSSR count). The largest absolute Gasteiger partial charge is 0.497 e. The Bertz CT molecular complexity index is 1120. The Balaban J connectivity index is 1.70. The molecular weight excluding hydrogens is 386 g/mol. The molecule has 0 saturated carbocycles. The van der Waals surface area contributed by atoms with Crippen LogP contribution in [0.25, 0.3) is 11.4 Å². The van der Waals surface area contributed by atoms with Gasteiger partial charge in [0.2, 0.25) is 0 Å². The van der Waals surface area contributed by atoms with E-state index in [1.165, 1.54) is 15.6 Å². The smallest absolute Gasteiger partial charge is 0.254 e. The first-order chi connectivity index (χ1) is 13.0. The summed E-state index contributed by atoms with van der Waals surface area (Å²) in [5, 5.41) is 1.73. The van der Waals surface area contributed by atoms with Crippen molar-refractivity contribution in [2.45, 2.75) is 17.2 Å². The number of aromatic amines is 1. The highest BCUT2D eigenvalue weighted by atomic mass is 32.2. The molecule has 0 fully saturated rings. The Morgan fingerprint density at radius 3 is 2.67 bits per heavy atom. The number of thiophene rings is 1. The van der Waals surface area contributed by atoms with Crippen LogP contribution in [0.4, 0.5) is 0 Å². The van der Waals surface area contributed by atoms with Gasteiger partial charge < -0.3 is 9.72 Å². The molecule has 1 aromatic carbocycles.